The molecule has 1 rings (SSSR count). The molecule has 0 saturated heterocycles. The van der Waals surface area contributed by atoms with E-state index in [9.17, 15) is 4.79 Å². The highest BCUT2D eigenvalue weighted by Crippen LogP contribution is 2.22. The molecule has 1 amide bonds. The number of carbonyl (C=O) groups is 1. The van der Waals surface area contributed by atoms with E-state index in [2.05, 4.69) is 5.32 Å². The van der Waals surface area contributed by atoms with Crippen molar-refractivity contribution in [2.75, 3.05) is 38.4 Å². The SMILES string of the molecule is COCC(NC(=O)c1ccc(N(C)C)c(N)c1)C(C)C. The topological polar surface area (TPSA) is 67.6 Å². The largest absolute Gasteiger partial charge is 0.397 e. The van der Waals surface area contributed by atoms with Crippen LogP contribution >= 0.6 is 0 Å². The Balaban J connectivity index is 2.84. The molecular weight excluding hydrogens is 254 g/mol. The molecule has 1 aromatic rings. The second-order valence-corrected chi connectivity index (χ2v) is 5.45. The normalized spacial score (nSPS) is 12.3. The van der Waals surface area contributed by atoms with E-state index in [1.54, 1.807) is 19.2 Å². The number of nitrogen functional groups attached to an aromatic ring is 1. The van der Waals surface area contributed by atoms with Crippen LogP contribution in [0.4, 0.5) is 11.4 Å². The molecule has 112 valence electrons. The summed E-state index contributed by atoms with van der Waals surface area (Å²) in [4.78, 5) is 14.1. The minimum absolute atomic E-state index is 0.0118. The summed E-state index contributed by atoms with van der Waals surface area (Å²) in [6, 6.07) is 5.33. The zero-order valence-corrected chi connectivity index (χ0v) is 12.9. The molecule has 0 saturated carbocycles. The van der Waals surface area contributed by atoms with Crippen LogP contribution in [0.5, 0.6) is 0 Å². The van der Waals surface area contributed by atoms with Gasteiger partial charge in [-0.25, -0.2) is 0 Å². The number of methoxy groups -OCH3 is 1. The maximum absolute atomic E-state index is 12.2. The minimum atomic E-state index is -0.127. The smallest absolute Gasteiger partial charge is 0.251 e. The fourth-order valence-electron chi connectivity index (χ4n) is 1.94. The van der Waals surface area contributed by atoms with Crippen LogP contribution in [-0.4, -0.2) is 39.8 Å². The van der Waals surface area contributed by atoms with Gasteiger partial charge < -0.3 is 20.7 Å². The Labute approximate surface area is 121 Å². The Kier molecular flexibility index (Phi) is 5.82. The third-order valence-corrected chi connectivity index (χ3v) is 3.24. The average molecular weight is 279 g/mol. The first kappa shape index (κ1) is 16.3. The predicted octanol–water partition coefficient (Wildman–Crippen LogP) is 1.74. The Morgan fingerprint density at radius 2 is 2.05 bits per heavy atom. The first-order chi connectivity index (χ1) is 9.36. The molecule has 0 aliphatic rings. The molecular formula is C15H25N3O2. The molecule has 0 bridgehead atoms. The summed E-state index contributed by atoms with van der Waals surface area (Å²) >= 11 is 0. The van der Waals surface area contributed by atoms with Crippen molar-refractivity contribution in [2.24, 2.45) is 5.92 Å². The van der Waals surface area contributed by atoms with Gasteiger partial charge in [0.25, 0.3) is 5.91 Å². The number of hydrogen-bond donors (Lipinski definition) is 2. The van der Waals surface area contributed by atoms with Gasteiger partial charge in [-0.05, 0) is 24.1 Å². The third-order valence-electron chi connectivity index (χ3n) is 3.24. The average Bonchev–Trinajstić information content (AvgIpc) is 2.37. The molecule has 0 radical (unpaired) electrons. The molecule has 0 fully saturated rings. The summed E-state index contributed by atoms with van der Waals surface area (Å²) in [7, 11) is 5.46. The van der Waals surface area contributed by atoms with E-state index in [1.165, 1.54) is 0 Å². The molecule has 5 heteroatoms. The molecule has 0 spiro atoms. The van der Waals surface area contributed by atoms with Crippen molar-refractivity contribution in [3.05, 3.63) is 23.8 Å². The third kappa shape index (κ3) is 4.13. The van der Waals surface area contributed by atoms with Gasteiger partial charge in [0.15, 0.2) is 0 Å². The van der Waals surface area contributed by atoms with Crippen LogP contribution in [0.2, 0.25) is 0 Å². The second kappa shape index (κ2) is 7.14. The van der Waals surface area contributed by atoms with E-state index < -0.39 is 0 Å². The monoisotopic (exact) mass is 279 g/mol. The van der Waals surface area contributed by atoms with Crippen LogP contribution in [0, 0.1) is 5.92 Å². The zero-order valence-electron chi connectivity index (χ0n) is 12.9. The number of nitrogens with zero attached hydrogens (tertiary/aromatic N) is 1. The lowest BCUT2D eigenvalue weighted by Gasteiger charge is -2.22. The van der Waals surface area contributed by atoms with Gasteiger partial charge in [0.1, 0.15) is 0 Å². The molecule has 20 heavy (non-hydrogen) atoms. The number of benzene rings is 1. The van der Waals surface area contributed by atoms with Gasteiger partial charge in [-0.15, -0.1) is 0 Å². The number of anilines is 2. The summed E-state index contributed by atoms with van der Waals surface area (Å²) in [6.07, 6.45) is 0. The molecule has 0 aliphatic carbocycles. The van der Waals surface area contributed by atoms with Crippen LogP contribution in [-0.2, 0) is 4.74 Å². The van der Waals surface area contributed by atoms with E-state index in [0.29, 0.717) is 23.8 Å². The standard InChI is InChI=1S/C15H25N3O2/c1-10(2)13(9-20-5)17-15(19)11-6-7-14(18(3)4)12(16)8-11/h6-8,10,13H,9,16H2,1-5H3,(H,17,19). The maximum atomic E-state index is 12.2. The summed E-state index contributed by atoms with van der Waals surface area (Å²) in [5.41, 5.74) is 8.02. The van der Waals surface area contributed by atoms with Crippen molar-refractivity contribution < 1.29 is 9.53 Å². The lowest BCUT2D eigenvalue weighted by molar-refractivity contribution is 0.0866. The highest BCUT2D eigenvalue weighted by molar-refractivity contribution is 5.96. The zero-order chi connectivity index (χ0) is 15.3. The first-order valence-corrected chi connectivity index (χ1v) is 6.73. The Morgan fingerprint density at radius 3 is 2.50 bits per heavy atom. The number of rotatable bonds is 6. The second-order valence-electron chi connectivity index (χ2n) is 5.45. The van der Waals surface area contributed by atoms with Gasteiger partial charge in [0, 0.05) is 26.8 Å². The number of hydrogen-bond acceptors (Lipinski definition) is 4. The number of carbonyl (C=O) groups excluding carboxylic acids is 1. The van der Waals surface area contributed by atoms with Crippen LogP contribution < -0.4 is 16.0 Å². The summed E-state index contributed by atoms with van der Waals surface area (Å²) in [6.45, 7) is 4.59. The molecule has 0 heterocycles. The van der Waals surface area contributed by atoms with Crippen LogP contribution in [0.1, 0.15) is 24.2 Å². The minimum Gasteiger partial charge on any atom is -0.397 e. The van der Waals surface area contributed by atoms with Gasteiger partial charge in [-0.2, -0.15) is 0 Å². The van der Waals surface area contributed by atoms with Crippen molar-refractivity contribution in [2.45, 2.75) is 19.9 Å². The van der Waals surface area contributed by atoms with Crippen molar-refractivity contribution >= 4 is 17.3 Å². The number of ether oxygens (including phenoxy) is 1. The summed E-state index contributed by atoms with van der Waals surface area (Å²) in [5, 5.41) is 2.98. The predicted molar refractivity (Wildman–Crippen MR) is 83.1 cm³/mol. The van der Waals surface area contributed by atoms with E-state index >= 15 is 0 Å². The van der Waals surface area contributed by atoms with E-state index in [0.717, 1.165) is 5.69 Å². The summed E-state index contributed by atoms with van der Waals surface area (Å²) in [5.74, 6) is 0.176. The lowest BCUT2D eigenvalue weighted by Crippen LogP contribution is -2.41. The van der Waals surface area contributed by atoms with Gasteiger partial charge in [-0.3, -0.25) is 4.79 Å². The van der Waals surface area contributed by atoms with E-state index in [1.807, 2.05) is 38.9 Å². The van der Waals surface area contributed by atoms with Gasteiger partial charge >= 0.3 is 0 Å². The molecule has 1 atom stereocenters. The molecule has 1 aromatic carbocycles. The van der Waals surface area contributed by atoms with Crippen molar-refractivity contribution in [1.29, 1.82) is 0 Å². The van der Waals surface area contributed by atoms with Crippen molar-refractivity contribution in [1.82, 2.24) is 5.32 Å². The van der Waals surface area contributed by atoms with Gasteiger partial charge in [0.05, 0.1) is 24.0 Å². The highest BCUT2D eigenvalue weighted by Gasteiger charge is 2.17. The fourth-order valence-corrected chi connectivity index (χ4v) is 1.94. The van der Waals surface area contributed by atoms with Crippen LogP contribution in [0.3, 0.4) is 0 Å². The number of amides is 1. The van der Waals surface area contributed by atoms with Crippen LogP contribution in [0.15, 0.2) is 18.2 Å². The van der Waals surface area contributed by atoms with E-state index in [4.69, 9.17) is 10.5 Å². The van der Waals surface area contributed by atoms with Gasteiger partial charge in [-0.1, -0.05) is 13.8 Å². The Bertz CT molecular complexity index is 458. The van der Waals surface area contributed by atoms with Crippen molar-refractivity contribution in [3.8, 4) is 0 Å². The van der Waals surface area contributed by atoms with Crippen LogP contribution in [0.25, 0.3) is 0 Å². The number of nitrogens with two attached hydrogens (primary N) is 1. The molecule has 1 unspecified atom stereocenters. The molecule has 0 aromatic heterocycles. The Hall–Kier alpha value is -1.75. The van der Waals surface area contributed by atoms with E-state index in [-0.39, 0.29) is 11.9 Å². The Morgan fingerprint density at radius 1 is 1.40 bits per heavy atom. The molecule has 3 N–H and O–H groups in total. The van der Waals surface area contributed by atoms with Gasteiger partial charge in [0.2, 0.25) is 0 Å². The fraction of sp³-hybridized carbons (Fsp3) is 0.533. The first-order valence-electron chi connectivity index (χ1n) is 6.73. The maximum Gasteiger partial charge on any atom is 0.251 e. The number of nitrogens with one attached hydrogen (secondary N) is 1. The molecule has 5 nitrogen and oxygen atoms in total. The highest BCUT2D eigenvalue weighted by atomic mass is 16.5. The lowest BCUT2D eigenvalue weighted by atomic mass is 10.0. The quantitative estimate of drug-likeness (QED) is 0.778. The van der Waals surface area contributed by atoms with Crippen molar-refractivity contribution in [3.63, 3.8) is 0 Å². The molecule has 0 aliphatic heterocycles. The summed E-state index contributed by atoms with van der Waals surface area (Å²) < 4.78 is 5.13.